The van der Waals surface area contributed by atoms with Gasteiger partial charge in [-0.1, -0.05) is 137 Å². The number of hydrogen-bond acceptors (Lipinski definition) is 1. The van der Waals surface area contributed by atoms with Crippen LogP contribution < -0.4 is 5.32 Å². The third kappa shape index (κ3) is 6.72. The van der Waals surface area contributed by atoms with Crippen LogP contribution in [0.25, 0.3) is 0 Å². The molecule has 0 aliphatic rings. The molecular formula is C35H48N2. The van der Waals surface area contributed by atoms with E-state index in [1.165, 1.54) is 33.5 Å². The van der Waals surface area contributed by atoms with Crippen LogP contribution in [0.5, 0.6) is 0 Å². The number of nitrogens with one attached hydrogen (secondary N) is 1. The summed E-state index contributed by atoms with van der Waals surface area (Å²) in [5.74, 6) is 2.48. The normalized spacial score (nSPS) is 12.8. The van der Waals surface area contributed by atoms with Gasteiger partial charge in [-0.3, -0.25) is 0 Å². The fourth-order valence-electron chi connectivity index (χ4n) is 4.86. The van der Waals surface area contributed by atoms with E-state index in [2.05, 4.69) is 142 Å². The Balaban J connectivity index is 2.31. The molecule has 3 aromatic rings. The van der Waals surface area contributed by atoms with Crippen LogP contribution in [0.1, 0.15) is 133 Å². The fourth-order valence-corrected chi connectivity index (χ4v) is 4.86. The molecule has 0 heterocycles. The molecule has 2 nitrogen and oxygen atoms in total. The van der Waals surface area contributed by atoms with Crippen molar-refractivity contribution < 1.29 is 0 Å². The van der Waals surface area contributed by atoms with Crippen molar-refractivity contribution in [1.29, 1.82) is 0 Å². The van der Waals surface area contributed by atoms with Crippen LogP contribution in [0.3, 0.4) is 0 Å². The summed E-state index contributed by atoms with van der Waals surface area (Å²) in [5, 5.41) is 3.88. The zero-order chi connectivity index (χ0) is 27.5. The van der Waals surface area contributed by atoms with Crippen molar-refractivity contribution in [3.05, 3.63) is 94.0 Å². The van der Waals surface area contributed by atoms with E-state index >= 15 is 0 Å². The van der Waals surface area contributed by atoms with Crippen molar-refractivity contribution in [2.75, 3.05) is 5.32 Å². The molecule has 37 heavy (non-hydrogen) atoms. The molecule has 0 fully saturated rings. The highest BCUT2D eigenvalue weighted by Gasteiger charge is 2.20. The van der Waals surface area contributed by atoms with Crippen molar-refractivity contribution >= 4 is 17.2 Å². The molecule has 0 bridgehead atoms. The Morgan fingerprint density at radius 3 is 1.38 bits per heavy atom. The van der Waals surface area contributed by atoms with E-state index in [1.54, 1.807) is 0 Å². The van der Waals surface area contributed by atoms with Crippen molar-refractivity contribution in [2.24, 2.45) is 4.99 Å². The van der Waals surface area contributed by atoms with Crippen molar-refractivity contribution in [3.63, 3.8) is 0 Å². The number of rotatable bonds is 7. The summed E-state index contributed by atoms with van der Waals surface area (Å²) < 4.78 is 0. The highest BCUT2D eigenvalue weighted by Crippen LogP contribution is 2.37. The Kier molecular flexibility index (Phi) is 9.05. The molecule has 3 aromatic carbocycles. The first-order valence-electron chi connectivity index (χ1n) is 14.0. The van der Waals surface area contributed by atoms with Crippen LogP contribution in [0.15, 0.2) is 65.7 Å². The maximum atomic E-state index is 5.46. The first-order chi connectivity index (χ1) is 17.3. The Morgan fingerprint density at radius 1 is 0.595 bits per heavy atom. The maximum Gasteiger partial charge on any atom is 0.138 e. The zero-order valence-electron chi connectivity index (χ0n) is 25.0. The average molecular weight is 497 g/mol. The predicted octanol–water partition coefficient (Wildman–Crippen LogP) is 10.7. The highest BCUT2D eigenvalue weighted by molar-refractivity contribution is 6.10. The standard InChI is InChI=1S/C35H48N2/c1-22(2)28-14-12-15-29(23(3)4)32(28)36-34(26-18-20-27(21-19-26)35(9,10)11)37-33-30(24(5)6)16-13-17-31(33)25(7)8/h12-25H,1-11H3,(H,36,37). The predicted molar refractivity (Wildman–Crippen MR) is 164 cm³/mol. The van der Waals surface area contributed by atoms with Gasteiger partial charge in [-0.05, 0) is 56.9 Å². The minimum atomic E-state index is 0.105. The molecule has 198 valence electrons. The van der Waals surface area contributed by atoms with Gasteiger partial charge in [-0.15, -0.1) is 0 Å². The first-order valence-corrected chi connectivity index (χ1v) is 14.0. The molecule has 0 aliphatic carbocycles. The van der Waals surface area contributed by atoms with Crippen LogP contribution in [0.4, 0.5) is 11.4 Å². The fraction of sp³-hybridized carbons (Fsp3) is 0.457. The van der Waals surface area contributed by atoms with Gasteiger partial charge in [0.05, 0.1) is 5.69 Å². The van der Waals surface area contributed by atoms with Gasteiger partial charge in [-0.2, -0.15) is 0 Å². The number of amidine groups is 1. The average Bonchev–Trinajstić information content (AvgIpc) is 2.82. The van der Waals surface area contributed by atoms with E-state index in [1.807, 2.05) is 0 Å². The zero-order valence-corrected chi connectivity index (χ0v) is 25.0. The third-order valence-electron chi connectivity index (χ3n) is 7.21. The Bertz CT molecular complexity index is 1170. The van der Waals surface area contributed by atoms with Gasteiger partial charge in [0, 0.05) is 11.3 Å². The van der Waals surface area contributed by atoms with Gasteiger partial charge in [0.2, 0.25) is 0 Å². The quantitative estimate of drug-likeness (QED) is 0.255. The number of aliphatic imine (C=N–C) groups is 1. The van der Waals surface area contributed by atoms with Crippen molar-refractivity contribution in [3.8, 4) is 0 Å². The van der Waals surface area contributed by atoms with Crippen LogP contribution in [-0.2, 0) is 5.41 Å². The second kappa shape index (κ2) is 11.7. The lowest BCUT2D eigenvalue weighted by molar-refractivity contribution is 0.590. The number of nitrogens with zero attached hydrogens (tertiary/aromatic N) is 1. The third-order valence-corrected chi connectivity index (χ3v) is 7.21. The largest absolute Gasteiger partial charge is 0.339 e. The highest BCUT2D eigenvalue weighted by atomic mass is 15.0. The maximum absolute atomic E-state index is 5.46. The lowest BCUT2D eigenvalue weighted by atomic mass is 9.86. The number of para-hydroxylation sites is 2. The number of anilines is 1. The van der Waals surface area contributed by atoms with Crippen LogP contribution in [0, 0.1) is 0 Å². The molecule has 3 rings (SSSR count). The van der Waals surface area contributed by atoms with Crippen LogP contribution in [-0.4, -0.2) is 5.84 Å². The van der Waals surface area contributed by atoms with E-state index in [4.69, 9.17) is 4.99 Å². The summed E-state index contributed by atoms with van der Waals surface area (Å²) in [4.78, 5) is 5.46. The van der Waals surface area contributed by atoms with Gasteiger partial charge in [0.25, 0.3) is 0 Å². The Labute approximate surface area is 226 Å². The molecule has 0 aromatic heterocycles. The summed E-state index contributed by atoms with van der Waals surface area (Å²) >= 11 is 0. The SMILES string of the molecule is CC(C)c1cccc(C(C)C)c1N=C(Nc1c(C(C)C)cccc1C(C)C)c1ccc(C(C)(C)C)cc1. The summed E-state index contributed by atoms with van der Waals surface area (Å²) in [6.07, 6.45) is 0. The van der Waals surface area contributed by atoms with Gasteiger partial charge in [0.1, 0.15) is 5.84 Å². The molecule has 0 saturated carbocycles. The second-order valence-electron chi connectivity index (χ2n) is 12.6. The smallest absolute Gasteiger partial charge is 0.138 e. The Hall–Kier alpha value is -2.87. The molecule has 0 radical (unpaired) electrons. The second-order valence-corrected chi connectivity index (χ2v) is 12.6. The summed E-state index contributed by atoms with van der Waals surface area (Å²) in [6, 6.07) is 22.3. The molecular weight excluding hydrogens is 448 g/mol. The molecule has 0 spiro atoms. The van der Waals surface area contributed by atoms with E-state index in [9.17, 15) is 0 Å². The molecule has 1 N–H and O–H groups in total. The van der Waals surface area contributed by atoms with Gasteiger partial charge in [-0.25, -0.2) is 4.99 Å². The van der Waals surface area contributed by atoms with Gasteiger partial charge < -0.3 is 5.32 Å². The lowest BCUT2D eigenvalue weighted by Gasteiger charge is -2.24. The number of benzene rings is 3. The van der Waals surface area contributed by atoms with E-state index in [0.717, 1.165) is 17.1 Å². The van der Waals surface area contributed by atoms with Crippen molar-refractivity contribution in [2.45, 2.75) is 105 Å². The summed E-state index contributed by atoms with van der Waals surface area (Å²) in [5.41, 5.74) is 10.1. The van der Waals surface area contributed by atoms with E-state index in [0.29, 0.717) is 23.7 Å². The van der Waals surface area contributed by atoms with Gasteiger partial charge >= 0.3 is 0 Å². The van der Waals surface area contributed by atoms with Crippen LogP contribution in [0.2, 0.25) is 0 Å². The monoisotopic (exact) mass is 496 g/mol. The first kappa shape index (κ1) is 28.7. The minimum absolute atomic E-state index is 0.105. The summed E-state index contributed by atoms with van der Waals surface area (Å²) in [6.45, 7) is 24.9. The van der Waals surface area contributed by atoms with E-state index < -0.39 is 0 Å². The molecule has 0 saturated heterocycles. The molecule has 2 heteroatoms. The minimum Gasteiger partial charge on any atom is -0.339 e. The number of hydrogen-bond donors (Lipinski definition) is 1. The summed E-state index contributed by atoms with van der Waals surface area (Å²) in [7, 11) is 0. The van der Waals surface area contributed by atoms with Gasteiger partial charge in [0.15, 0.2) is 0 Å². The Morgan fingerprint density at radius 2 is 1.00 bits per heavy atom. The lowest BCUT2D eigenvalue weighted by Crippen LogP contribution is -2.18. The van der Waals surface area contributed by atoms with Crippen molar-refractivity contribution in [1.82, 2.24) is 0 Å². The molecule has 0 atom stereocenters. The molecule has 0 unspecified atom stereocenters. The molecule has 0 amide bonds. The topological polar surface area (TPSA) is 24.4 Å². The molecule has 0 aliphatic heterocycles. The van der Waals surface area contributed by atoms with Crippen LogP contribution >= 0.6 is 0 Å². The van der Waals surface area contributed by atoms with E-state index in [-0.39, 0.29) is 5.41 Å².